The molecule has 0 unspecified atom stereocenters. The lowest BCUT2D eigenvalue weighted by Crippen LogP contribution is -2.24. The Labute approximate surface area is 152 Å². The number of anilines is 1. The van der Waals surface area contributed by atoms with E-state index in [-0.39, 0.29) is 11.4 Å². The number of ether oxygens (including phenoxy) is 1. The molecule has 2 rings (SSSR count). The van der Waals surface area contributed by atoms with Gasteiger partial charge in [0.15, 0.2) is 6.61 Å². The Morgan fingerprint density at radius 3 is 2.58 bits per heavy atom. The summed E-state index contributed by atoms with van der Waals surface area (Å²) in [5.41, 5.74) is 0.220. The number of halogens is 1. The molecule has 0 bridgehead atoms. The summed E-state index contributed by atoms with van der Waals surface area (Å²) in [4.78, 5) is 34.4. The lowest BCUT2D eigenvalue weighted by molar-refractivity contribution is -0.384. The van der Waals surface area contributed by atoms with Crippen molar-refractivity contribution in [3.8, 4) is 0 Å². The van der Waals surface area contributed by atoms with Crippen LogP contribution in [0.2, 0.25) is 0 Å². The number of carbonyl (C=O) groups is 2. The zero-order valence-electron chi connectivity index (χ0n) is 13.7. The summed E-state index contributed by atoms with van der Waals surface area (Å²) >= 11 is 1.15. The van der Waals surface area contributed by atoms with Gasteiger partial charge in [-0.2, -0.15) is 0 Å². The Bertz CT molecular complexity index is 813. The van der Waals surface area contributed by atoms with Crippen molar-refractivity contribution in [1.82, 2.24) is 0 Å². The second-order valence-corrected chi connectivity index (χ2v) is 6.59. The van der Waals surface area contributed by atoms with Gasteiger partial charge in [-0.15, -0.1) is 11.8 Å². The number of nitrogens with zero attached hydrogens (tertiary/aromatic N) is 1. The SMILES string of the molecule is C[C@@H](Sc1ccc([N+](=O)[O-])cc1)C(=O)OCC(=O)Nc1cccc(F)c1. The van der Waals surface area contributed by atoms with Crippen LogP contribution in [0, 0.1) is 15.9 Å². The van der Waals surface area contributed by atoms with Gasteiger partial charge in [-0.05, 0) is 37.3 Å². The lowest BCUT2D eigenvalue weighted by Gasteiger charge is -2.11. The van der Waals surface area contributed by atoms with Crippen molar-refractivity contribution < 1.29 is 23.6 Å². The van der Waals surface area contributed by atoms with Gasteiger partial charge < -0.3 is 10.1 Å². The summed E-state index contributed by atoms with van der Waals surface area (Å²) in [5.74, 6) is -1.69. The van der Waals surface area contributed by atoms with Crippen molar-refractivity contribution in [2.45, 2.75) is 17.1 Å². The fraction of sp³-hybridized carbons (Fsp3) is 0.176. The molecular formula is C17H15FN2O5S. The van der Waals surface area contributed by atoms with Crippen LogP contribution in [0.4, 0.5) is 15.8 Å². The molecule has 0 heterocycles. The molecule has 7 nitrogen and oxygen atoms in total. The molecule has 136 valence electrons. The zero-order valence-corrected chi connectivity index (χ0v) is 14.5. The molecule has 1 amide bonds. The molecule has 2 aromatic carbocycles. The number of hydrogen-bond donors (Lipinski definition) is 1. The van der Waals surface area contributed by atoms with E-state index in [1.165, 1.54) is 42.5 Å². The van der Waals surface area contributed by atoms with Gasteiger partial charge in [-0.3, -0.25) is 19.7 Å². The van der Waals surface area contributed by atoms with E-state index in [0.29, 0.717) is 4.90 Å². The van der Waals surface area contributed by atoms with E-state index in [1.54, 1.807) is 6.92 Å². The number of rotatable bonds is 7. The van der Waals surface area contributed by atoms with Crippen LogP contribution in [0.1, 0.15) is 6.92 Å². The summed E-state index contributed by atoms with van der Waals surface area (Å²) in [7, 11) is 0. The van der Waals surface area contributed by atoms with Crippen molar-refractivity contribution in [3.63, 3.8) is 0 Å². The number of amides is 1. The van der Waals surface area contributed by atoms with Crippen LogP contribution < -0.4 is 5.32 Å². The standard InChI is InChI=1S/C17H15FN2O5S/c1-11(26-15-7-5-14(6-8-15)20(23)24)17(22)25-10-16(21)19-13-4-2-3-12(18)9-13/h2-9,11H,10H2,1H3,(H,19,21)/t11-/m1/s1. The molecule has 0 saturated heterocycles. The summed E-state index contributed by atoms with van der Waals surface area (Å²) < 4.78 is 18.0. The molecule has 0 spiro atoms. The van der Waals surface area contributed by atoms with E-state index in [9.17, 15) is 24.1 Å². The summed E-state index contributed by atoms with van der Waals surface area (Å²) in [5, 5.41) is 12.4. The van der Waals surface area contributed by atoms with Gasteiger partial charge in [-0.25, -0.2) is 4.39 Å². The number of carbonyl (C=O) groups excluding carboxylic acids is 2. The second kappa shape index (κ2) is 8.95. The quantitative estimate of drug-likeness (QED) is 0.343. The molecular weight excluding hydrogens is 363 g/mol. The molecule has 9 heteroatoms. The third-order valence-corrected chi connectivity index (χ3v) is 4.24. The maximum atomic E-state index is 13.0. The first-order chi connectivity index (χ1) is 12.3. The summed E-state index contributed by atoms with van der Waals surface area (Å²) in [6.07, 6.45) is 0. The van der Waals surface area contributed by atoms with Crippen molar-refractivity contribution in [1.29, 1.82) is 0 Å². The Balaban J connectivity index is 1.81. The van der Waals surface area contributed by atoms with E-state index < -0.39 is 34.5 Å². The maximum Gasteiger partial charge on any atom is 0.319 e. The number of non-ortho nitro benzene ring substituents is 1. The van der Waals surface area contributed by atoms with Crippen LogP contribution in [0.25, 0.3) is 0 Å². The van der Waals surface area contributed by atoms with E-state index in [2.05, 4.69) is 5.32 Å². The van der Waals surface area contributed by atoms with Gasteiger partial charge in [-0.1, -0.05) is 6.07 Å². The van der Waals surface area contributed by atoms with E-state index >= 15 is 0 Å². The van der Waals surface area contributed by atoms with Crippen molar-refractivity contribution in [3.05, 3.63) is 64.5 Å². The van der Waals surface area contributed by atoms with Gasteiger partial charge in [0.05, 0.1) is 4.92 Å². The number of hydrogen-bond acceptors (Lipinski definition) is 6. The first-order valence-corrected chi connectivity index (χ1v) is 8.36. The Hall–Kier alpha value is -2.94. The zero-order chi connectivity index (χ0) is 19.1. The van der Waals surface area contributed by atoms with Gasteiger partial charge >= 0.3 is 5.97 Å². The van der Waals surface area contributed by atoms with Crippen LogP contribution in [0.15, 0.2) is 53.4 Å². The van der Waals surface area contributed by atoms with Crippen molar-refractivity contribution in [2.75, 3.05) is 11.9 Å². The van der Waals surface area contributed by atoms with Gasteiger partial charge in [0.25, 0.3) is 11.6 Å². The van der Waals surface area contributed by atoms with E-state index in [0.717, 1.165) is 17.8 Å². The van der Waals surface area contributed by atoms with Crippen LogP contribution in [0.3, 0.4) is 0 Å². The third kappa shape index (κ3) is 5.85. The Kier molecular flexibility index (Phi) is 6.67. The number of thioether (sulfide) groups is 1. The highest BCUT2D eigenvalue weighted by atomic mass is 32.2. The summed E-state index contributed by atoms with van der Waals surface area (Å²) in [6, 6.07) is 11.1. The normalized spacial score (nSPS) is 11.5. The molecule has 0 aromatic heterocycles. The molecule has 0 radical (unpaired) electrons. The highest BCUT2D eigenvalue weighted by Crippen LogP contribution is 2.26. The maximum absolute atomic E-state index is 13.0. The molecule has 0 aliphatic heterocycles. The van der Waals surface area contributed by atoms with E-state index in [1.807, 2.05) is 0 Å². The Morgan fingerprint density at radius 2 is 1.96 bits per heavy atom. The predicted molar refractivity (Wildman–Crippen MR) is 94.4 cm³/mol. The fourth-order valence-corrected chi connectivity index (χ4v) is 2.78. The van der Waals surface area contributed by atoms with Crippen molar-refractivity contribution in [2.24, 2.45) is 0 Å². The number of nitro benzene ring substituents is 1. The second-order valence-electron chi connectivity index (χ2n) is 5.18. The van der Waals surface area contributed by atoms with Crippen LogP contribution in [-0.2, 0) is 14.3 Å². The highest BCUT2D eigenvalue weighted by molar-refractivity contribution is 8.00. The topological polar surface area (TPSA) is 98.5 Å². The first kappa shape index (κ1) is 19.4. The smallest absolute Gasteiger partial charge is 0.319 e. The average molecular weight is 378 g/mol. The fourth-order valence-electron chi connectivity index (χ4n) is 1.92. The summed E-state index contributed by atoms with van der Waals surface area (Å²) in [6.45, 7) is 1.10. The van der Waals surface area contributed by atoms with Gasteiger partial charge in [0.1, 0.15) is 11.1 Å². The molecule has 0 aliphatic carbocycles. The molecule has 2 aromatic rings. The number of nitro groups is 1. The Morgan fingerprint density at radius 1 is 1.27 bits per heavy atom. The highest BCUT2D eigenvalue weighted by Gasteiger charge is 2.18. The molecule has 26 heavy (non-hydrogen) atoms. The minimum Gasteiger partial charge on any atom is -0.455 e. The predicted octanol–water partition coefficient (Wildman–Crippen LogP) is 3.40. The number of esters is 1. The van der Waals surface area contributed by atoms with Crippen LogP contribution in [-0.4, -0.2) is 28.7 Å². The number of benzene rings is 2. The molecule has 0 fully saturated rings. The van der Waals surface area contributed by atoms with E-state index in [4.69, 9.17) is 4.74 Å². The lowest BCUT2D eigenvalue weighted by atomic mass is 10.3. The van der Waals surface area contributed by atoms with Crippen LogP contribution >= 0.6 is 11.8 Å². The van der Waals surface area contributed by atoms with Gasteiger partial charge in [0, 0.05) is 22.7 Å². The average Bonchev–Trinajstić information content (AvgIpc) is 2.60. The molecule has 1 atom stereocenters. The molecule has 0 saturated carbocycles. The monoisotopic (exact) mass is 378 g/mol. The largest absolute Gasteiger partial charge is 0.455 e. The number of nitrogens with one attached hydrogen (secondary N) is 1. The van der Waals surface area contributed by atoms with Crippen LogP contribution in [0.5, 0.6) is 0 Å². The molecule has 1 N–H and O–H groups in total. The van der Waals surface area contributed by atoms with Crippen molar-refractivity contribution >= 4 is 35.0 Å². The minimum absolute atomic E-state index is 0.0430. The molecule has 0 aliphatic rings. The minimum atomic E-state index is -0.613. The first-order valence-electron chi connectivity index (χ1n) is 7.48. The third-order valence-electron chi connectivity index (χ3n) is 3.15. The van der Waals surface area contributed by atoms with Gasteiger partial charge in [0.2, 0.25) is 0 Å².